The quantitative estimate of drug-likeness (QED) is 0.390. The number of rotatable bonds is 7. The van der Waals surface area contributed by atoms with Crippen molar-refractivity contribution in [2.75, 3.05) is 46.3 Å². The van der Waals surface area contributed by atoms with Crippen LogP contribution in [0.3, 0.4) is 0 Å². The molecule has 9 heteroatoms. The molecule has 4 rings (SSSR count). The van der Waals surface area contributed by atoms with E-state index in [2.05, 4.69) is 47.9 Å². The highest BCUT2D eigenvalue weighted by Gasteiger charge is 2.27. The number of nitrogens with zero attached hydrogens (tertiary/aromatic N) is 4. The summed E-state index contributed by atoms with van der Waals surface area (Å²) in [5.74, 6) is -0.0827. The molecule has 1 saturated heterocycles. The standard InChI is InChI=1S/C27H33N5O4/c1-27(2,3)20-11-9-19(10-12-20)26-29-23(24(36-26)21-7-5-6-8-22(21)32(34)35)25(33)28-13-14-31-17-15-30(4)16-18-31/h5-12H,13-18H2,1-4H3,(H,28,33). The number of carbonyl (C=O) groups is 1. The number of aromatic nitrogens is 1. The Bertz CT molecular complexity index is 1220. The van der Waals surface area contributed by atoms with E-state index in [1.165, 1.54) is 6.07 Å². The van der Waals surface area contributed by atoms with Gasteiger partial charge >= 0.3 is 0 Å². The topological polar surface area (TPSA) is 105 Å². The molecule has 0 saturated carbocycles. The smallest absolute Gasteiger partial charge is 0.280 e. The number of nitro benzene ring substituents is 1. The third-order valence-electron chi connectivity index (χ3n) is 6.49. The molecule has 0 radical (unpaired) electrons. The van der Waals surface area contributed by atoms with Crippen LogP contribution < -0.4 is 5.32 Å². The maximum absolute atomic E-state index is 13.2. The van der Waals surface area contributed by atoms with Gasteiger partial charge in [0.1, 0.15) is 0 Å². The van der Waals surface area contributed by atoms with Crippen molar-refractivity contribution >= 4 is 11.6 Å². The Hall–Kier alpha value is -3.56. The fourth-order valence-corrected chi connectivity index (χ4v) is 4.20. The highest BCUT2D eigenvalue weighted by molar-refractivity contribution is 5.99. The van der Waals surface area contributed by atoms with Crippen LogP contribution in [0.2, 0.25) is 0 Å². The SMILES string of the molecule is CN1CCN(CCNC(=O)c2nc(-c3ccc(C(C)(C)C)cc3)oc2-c2ccccc2[N+](=O)[O-])CC1. The van der Waals surface area contributed by atoms with Crippen LogP contribution in [-0.4, -0.2) is 71.9 Å². The van der Waals surface area contributed by atoms with Crippen molar-refractivity contribution in [2.45, 2.75) is 26.2 Å². The molecule has 9 nitrogen and oxygen atoms in total. The Kier molecular flexibility index (Phi) is 7.51. The van der Waals surface area contributed by atoms with Gasteiger partial charge < -0.3 is 14.6 Å². The van der Waals surface area contributed by atoms with E-state index in [-0.39, 0.29) is 34.0 Å². The third kappa shape index (κ3) is 5.80. The summed E-state index contributed by atoms with van der Waals surface area (Å²) in [4.78, 5) is 33.5. The van der Waals surface area contributed by atoms with E-state index in [0.29, 0.717) is 12.1 Å². The molecule has 0 aliphatic carbocycles. The van der Waals surface area contributed by atoms with Crippen molar-refractivity contribution in [1.29, 1.82) is 0 Å². The van der Waals surface area contributed by atoms with E-state index >= 15 is 0 Å². The summed E-state index contributed by atoms with van der Waals surface area (Å²) in [5.41, 5.74) is 1.95. The highest BCUT2D eigenvalue weighted by Crippen LogP contribution is 2.36. The summed E-state index contributed by atoms with van der Waals surface area (Å²) in [5, 5.41) is 14.6. The number of oxazole rings is 1. The summed E-state index contributed by atoms with van der Waals surface area (Å²) < 4.78 is 6.04. The Morgan fingerprint density at radius 3 is 2.39 bits per heavy atom. The molecule has 0 bridgehead atoms. The molecule has 1 aliphatic heterocycles. The first kappa shape index (κ1) is 25.5. The molecule has 1 fully saturated rings. The second-order valence-electron chi connectivity index (χ2n) is 10.2. The zero-order chi connectivity index (χ0) is 25.9. The average Bonchev–Trinajstić information content (AvgIpc) is 3.30. The van der Waals surface area contributed by atoms with Crippen molar-refractivity contribution in [3.63, 3.8) is 0 Å². The predicted octanol–water partition coefficient (Wildman–Crippen LogP) is 4.19. The summed E-state index contributed by atoms with van der Waals surface area (Å²) in [7, 11) is 2.10. The minimum absolute atomic E-state index is 0.0141. The molecule has 0 spiro atoms. The van der Waals surface area contributed by atoms with Crippen LogP contribution in [0, 0.1) is 10.1 Å². The Morgan fingerprint density at radius 2 is 1.75 bits per heavy atom. The third-order valence-corrected chi connectivity index (χ3v) is 6.49. The van der Waals surface area contributed by atoms with Crippen LogP contribution >= 0.6 is 0 Å². The summed E-state index contributed by atoms with van der Waals surface area (Å²) in [6, 6.07) is 14.0. The van der Waals surface area contributed by atoms with Crippen LogP contribution in [-0.2, 0) is 5.41 Å². The van der Waals surface area contributed by atoms with Crippen molar-refractivity contribution < 1.29 is 14.1 Å². The van der Waals surface area contributed by atoms with Gasteiger partial charge in [-0.25, -0.2) is 4.98 Å². The van der Waals surface area contributed by atoms with Crippen LogP contribution in [0.5, 0.6) is 0 Å². The van der Waals surface area contributed by atoms with Gasteiger partial charge in [-0.3, -0.25) is 19.8 Å². The van der Waals surface area contributed by atoms with Crippen molar-refractivity contribution in [3.05, 3.63) is 69.9 Å². The highest BCUT2D eigenvalue weighted by atomic mass is 16.6. The normalized spacial score (nSPS) is 15.1. The summed E-state index contributed by atoms with van der Waals surface area (Å²) >= 11 is 0. The van der Waals surface area contributed by atoms with Gasteiger partial charge in [0.15, 0.2) is 11.5 Å². The first-order chi connectivity index (χ1) is 17.1. The maximum atomic E-state index is 13.2. The van der Waals surface area contributed by atoms with Gasteiger partial charge in [-0.2, -0.15) is 0 Å². The number of amides is 1. The second-order valence-corrected chi connectivity index (χ2v) is 10.2. The lowest BCUT2D eigenvalue weighted by Crippen LogP contribution is -2.46. The molecular weight excluding hydrogens is 458 g/mol. The van der Waals surface area contributed by atoms with E-state index in [0.717, 1.165) is 38.3 Å². The fourth-order valence-electron chi connectivity index (χ4n) is 4.20. The number of hydrogen-bond donors (Lipinski definition) is 1. The van der Waals surface area contributed by atoms with Crippen LogP contribution in [0.1, 0.15) is 36.8 Å². The minimum atomic E-state index is -0.481. The molecular formula is C27H33N5O4. The van der Waals surface area contributed by atoms with E-state index in [4.69, 9.17) is 4.42 Å². The van der Waals surface area contributed by atoms with Gasteiger partial charge in [-0.05, 0) is 36.2 Å². The summed E-state index contributed by atoms with van der Waals surface area (Å²) in [6.45, 7) is 11.5. The first-order valence-corrected chi connectivity index (χ1v) is 12.2. The van der Waals surface area contributed by atoms with E-state index in [9.17, 15) is 14.9 Å². The van der Waals surface area contributed by atoms with Gasteiger partial charge in [0.2, 0.25) is 5.89 Å². The van der Waals surface area contributed by atoms with Crippen molar-refractivity contribution in [3.8, 4) is 22.8 Å². The number of nitro groups is 1. The lowest BCUT2D eigenvalue weighted by molar-refractivity contribution is -0.384. The molecule has 2 heterocycles. The number of para-hydroxylation sites is 1. The molecule has 2 aromatic carbocycles. The van der Waals surface area contributed by atoms with Gasteiger partial charge in [-0.1, -0.05) is 45.0 Å². The molecule has 190 valence electrons. The molecule has 0 unspecified atom stereocenters. The Labute approximate surface area is 211 Å². The van der Waals surface area contributed by atoms with Gasteiger partial charge in [0.05, 0.1) is 10.5 Å². The Balaban J connectivity index is 1.62. The Morgan fingerprint density at radius 1 is 1.08 bits per heavy atom. The first-order valence-electron chi connectivity index (χ1n) is 12.2. The van der Waals surface area contributed by atoms with Crippen molar-refractivity contribution in [2.24, 2.45) is 0 Å². The second kappa shape index (κ2) is 10.6. The van der Waals surface area contributed by atoms with Crippen molar-refractivity contribution in [1.82, 2.24) is 20.1 Å². The molecule has 1 N–H and O–H groups in total. The fraction of sp³-hybridized carbons (Fsp3) is 0.407. The van der Waals surface area contributed by atoms with E-state index < -0.39 is 10.8 Å². The monoisotopic (exact) mass is 491 g/mol. The number of nitrogens with one attached hydrogen (secondary N) is 1. The lowest BCUT2D eigenvalue weighted by Gasteiger charge is -2.32. The molecule has 1 amide bonds. The number of carbonyl (C=O) groups excluding carboxylic acids is 1. The van der Waals surface area contributed by atoms with Crippen LogP contribution in [0.25, 0.3) is 22.8 Å². The number of piperazine rings is 1. The lowest BCUT2D eigenvalue weighted by atomic mass is 9.87. The average molecular weight is 492 g/mol. The minimum Gasteiger partial charge on any atom is -0.435 e. The molecule has 36 heavy (non-hydrogen) atoms. The largest absolute Gasteiger partial charge is 0.435 e. The van der Waals surface area contributed by atoms with Gasteiger partial charge in [0, 0.05) is 50.9 Å². The molecule has 1 aromatic heterocycles. The van der Waals surface area contributed by atoms with Gasteiger partial charge in [0.25, 0.3) is 11.6 Å². The summed E-state index contributed by atoms with van der Waals surface area (Å²) in [6.07, 6.45) is 0. The van der Waals surface area contributed by atoms with Crippen LogP contribution in [0.15, 0.2) is 52.9 Å². The molecule has 1 aliphatic rings. The zero-order valence-electron chi connectivity index (χ0n) is 21.3. The predicted molar refractivity (Wildman–Crippen MR) is 139 cm³/mol. The maximum Gasteiger partial charge on any atom is 0.280 e. The van der Waals surface area contributed by atoms with Crippen LogP contribution in [0.4, 0.5) is 5.69 Å². The molecule has 0 atom stereocenters. The van der Waals surface area contributed by atoms with E-state index in [1.807, 2.05) is 24.3 Å². The molecule has 3 aromatic rings. The zero-order valence-corrected chi connectivity index (χ0v) is 21.3. The number of benzene rings is 2. The van der Waals surface area contributed by atoms with E-state index in [1.54, 1.807) is 18.2 Å². The van der Waals surface area contributed by atoms with Gasteiger partial charge in [-0.15, -0.1) is 0 Å². The number of likely N-dealkylation sites (N-methyl/N-ethyl adjacent to an activating group) is 1. The number of hydrogen-bond acceptors (Lipinski definition) is 7.